The molecule has 3 amide bonds. The van der Waals surface area contributed by atoms with E-state index in [9.17, 15) is 19.6 Å². The zero-order valence-electron chi connectivity index (χ0n) is 26.9. The molecule has 2 aliphatic heterocycles. The summed E-state index contributed by atoms with van der Waals surface area (Å²) in [6.45, 7) is 11.6. The maximum absolute atomic E-state index is 16.4. The topological polar surface area (TPSA) is 130 Å². The molecule has 6 rings (SSSR count). The van der Waals surface area contributed by atoms with Gasteiger partial charge in [0.05, 0.1) is 33.6 Å². The van der Waals surface area contributed by atoms with Gasteiger partial charge in [0.2, 0.25) is 0 Å². The van der Waals surface area contributed by atoms with Crippen molar-refractivity contribution in [1.29, 1.82) is 5.26 Å². The fraction of sp³-hybridized carbons (Fsp3) is 0.424. The number of nitrogens with one attached hydrogen (secondary N) is 1. The first-order valence-electron chi connectivity index (χ1n) is 15.2. The number of hydrogen-bond donors (Lipinski definition) is 1. The minimum absolute atomic E-state index is 0.0442. The quantitative estimate of drug-likeness (QED) is 0.247. The van der Waals surface area contributed by atoms with E-state index in [4.69, 9.17) is 9.47 Å². The molecule has 1 fully saturated rings. The third-order valence-corrected chi connectivity index (χ3v) is 9.07. The third kappa shape index (κ3) is 5.95. The highest BCUT2D eigenvalue weighted by atomic mass is 32.1. The van der Waals surface area contributed by atoms with Crippen LogP contribution in [0.1, 0.15) is 63.9 Å². The summed E-state index contributed by atoms with van der Waals surface area (Å²) in [6, 6.07) is 5.43. The van der Waals surface area contributed by atoms with E-state index in [1.54, 1.807) is 56.0 Å². The van der Waals surface area contributed by atoms with Crippen LogP contribution in [-0.2, 0) is 16.0 Å². The van der Waals surface area contributed by atoms with Crippen LogP contribution >= 0.6 is 11.3 Å². The second kappa shape index (κ2) is 11.5. The number of halogens is 2. The van der Waals surface area contributed by atoms with Gasteiger partial charge < -0.3 is 19.3 Å². The molecule has 0 saturated carbocycles. The number of aryl methyl sites for hydroxylation is 1. The number of piperazine rings is 1. The van der Waals surface area contributed by atoms with Gasteiger partial charge in [0.25, 0.3) is 5.91 Å². The van der Waals surface area contributed by atoms with Crippen molar-refractivity contribution in [3.8, 4) is 17.2 Å². The molecule has 14 heteroatoms. The average Bonchev–Trinajstić information content (AvgIpc) is 3.55. The predicted octanol–water partition coefficient (Wildman–Crippen LogP) is 6.88. The Balaban J connectivity index is 1.42. The summed E-state index contributed by atoms with van der Waals surface area (Å²) in [6.07, 6.45) is 0.678. The summed E-state index contributed by atoms with van der Waals surface area (Å²) >= 11 is 0.847. The van der Waals surface area contributed by atoms with Gasteiger partial charge in [0.1, 0.15) is 33.9 Å². The summed E-state index contributed by atoms with van der Waals surface area (Å²) < 4.78 is 44.1. The van der Waals surface area contributed by atoms with Crippen LogP contribution in [0.5, 0.6) is 0 Å². The van der Waals surface area contributed by atoms with Crippen molar-refractivity contribution in [2.75, 3.05) is 25.0 Å². The molecule has 2 aromatic carbocycles. The number of fused-ring (bicyclic) bond motifs is 2. The Kier molecular flexibility index (Phi) is 7.86. The van der Waals surface area contributed by atoms with Crippen LogP contribution in [0.2, 0.25) is 0 Å². The van der Waals surface area contributed by atoms with Crippen molar-refractivity contribution in [2.24, 2.45) is 0 Å². The zero-order chi connectivity index (χ0) is 34.0. The van der Waals surface area contributed by atoms with Gasteiger partial charge in [0.15, 0.2) is 0 Å². The lowest BCUT2D eigenvalue weighted by atomic mass is 9.93. The molecule has 1 saturated heterocycles. The maximum Gasteiger partial charge on any atom is 0.412 e. The van der Waals surface area contributed by atoms with E-state index in [-0.39, 0.29) is 63.0 Å². The fourth-order valence-corrected chi connectivity index (χ4v) is 7.18. The minimum atomic E-state index is -0.820. The van der Waals surface area contributed by atoms with Gasteiger partial charge in [-0.2, -0.15) is 10.4 Å². The van der Waals surface area contributed by atoms with Crippen molar-refractivity contribution >= 4 is 55.4 Å². The average molecular weight is 665 g/mol. The Morgan fingerprint density at radius 3 is 2.45 bits per heavy atom. The van der Waals surface area contributed by atoms with E-state index in [0.717, 1.165) is 17.4 Å². The number of hydrogen-bond acceptors (Lipinski definition) is 8. The lowest BCUT2D eigenvalue weighted by molar-refractivity contribution is 0.00275. The molecule has 4 aromatic rings. The number of carbonyl (C=O) groups is 3. The molecule has 2 aromatic heterocycles. The van der Waals surface area contributed by atoms with Crippen molar-refractivity contribution in [1.82, 2.24) is 19.6 Å². The molecular weight excluding hydrogens is 630 g/mol. The first kappa shape index (κ1) is 32.2. The van der Waals surface area contributed by atoms with Gasteiger partial charge >= 0.3 is 12.2 Å². The summed E-state index contributed by atoms with van der Waals surface area (Å²) in [4.78, 5) is 42.6. The van der Waals surface area contributed by atoms with E-state index in [0.29, 0.717) is 23.9 Å². The number of thiophene rings is 1. The molecule has 0 aliphatic carbocycles. The monoisotopic (exact) mass is 664 g/mol. The lowest BCUT2D eigenvalue weighted by Gasteiger charge is -2.42. The standard InChI is InChI=1S/C33H34F2N6O5S/c1-32(2,3)45-30(43)38-28-20(14-36)25-18(7-8-22(34)27(25)47-28)24-21-15-37-41-10-9-17-16-39(31(44)46-33(4,5)6)11-12-40(17)29(42)19(26(21)41)13-23(24)35/h7-8,13,15,17H,9-12,16H2,1-6H3,(H,38,43)/t17-/m1/s1. The number of aromatic nitrogens is 2. The van der Waals surface area contributed by atoms with E-state index < -0.39 is 40.9 Å². The van der Waals surface area contributed by atoms with E-state index in [1.807, 2.05) is 6.07 Å². The van der Waals surface area contributed by atoms with Gasteiger partial charge in [-0.3, -0.25) is 14.8 Å². The second-order valence-electron chi connectivity index (χ2n) is 13.6. The van der Waals surface area contributed by atoms with Gasteiger partial charge in [-0.1, -0.05) is 6.07 Å². The van der Waals surface area contributed by atoms with Crippen LogP contribution < -0.4 is 5.32 Å². The largest absolute Gasteiger partial charge is 0.444 e. The Hall–Kier alpha value is -4.77. The SMILES string of the molecule is CC(C)(C)OC(=O)Nc1sc2c(F)ccc(-c3c(F)cc4c5c3cnn5CC[C@@H]3CN(C(=O)OC(C)(C)C)CCN3C4=O)c2c1C#N. The molecule has 246 valence electrons. The van der Waals surface area contributed by atoms with E-state index in [1.165, 1.54) is 18.3 Å². The van der Waals surface area contributed by atoms with Gasteiger partial charge in [-0.15, -0.1) is 11.3 Å². The highest BCUT2D eigenvalue weighted by Gasteiger charge is 2.38. The van der Waals surface area contributed by atoms with Crippen molar-refractivity contribution < 1.29 is 32.6 Å². The normalized spacial score (nSPS) is 16.8. The molecule has 0 bridgehead atoms. The summed E-state index contributed by atoms with van der Waals surface area (Å²) in [5, 5.41) is 17.7. The first-order valence-corrected chi connectivity index (χ1v) is 16.0. The molecule has 4 heterocycles. The second-order valence-corrected chi connectivity index (χ2v) is 14.6. The molecule has 47 heavy (non-hydrogen) atoms. The van der Waals surface area contributed by atoms with Gasteiger partial charge in [0, 0.05) is 42.5 Å². The Labute approximate surface area is 273 Å². The van der Waals surface area contributed by atoms with Crippen molar-refractivity contribution in [2.45, 2.75) is 71.8 Å². The van der Waals surface area contributed by atoms with Crippen LogP contribution in [0.3, 0.4) is 0 Å². The summed E-state index contributed by atoms with van der Waals surface area (Å²) in [7, 11) is 0. The van der Waals surface area contributed by atoms with Crippen LogP contribution in [0.4, 0.5) is 23.4 Å². The first-order chi connectivity index (χ1) is 22.1. The highest BCUT2D eigenvalue weighted by Crippen LogP contribution is 2.45. The Morgan fingerprint density at radius 2 is 1.77 bits per heavy atom. The molecule has 0 spiro atoms. The lowest BCUT2D eigenvalue weighted by Crippen LogP contribution is -2.57. The number of anilines is 1. The molecule has 0 radical (unpaired) electrons. The maximum atomic E-state index is 16.4. The number of nitrogens with zero attached hydrogens (tertiary/aromatic N) is 5. The minimum Gasteiger partial charge on any atom is -0.444 e. The summed E-state index contributed by atoms with van der Waals surface area (Å²) in [5.41, 5.74) is -0.720. The molecule has 1 atom stereocenters. The Bertz CT molecular complexity index is 2000. The van der Waals surface area contributed by atoms with Crippen LogP contribution in [0, 0.1) is 23.0 Å². The van der Waals surface area contributed by atoms with Crippen molar-refractivity contribution in [3.63, 3.8) is 0 Å². The van der Waals surface area contributed by atoms with E-state index >= 15 is 8.78 Å². The number of rotatable bonds is 2. The highest BCUT2D eigenvalue weighted by molar-refractivity contribution is 7.23. The number of benzene rings is 2. The van der Waals surface area contributed by atoms with E-state index in [2.05, 4.69) is 10.4 Å². The van der Waals surface area contributed by atoms with Crippen LogP contribution in [-0.4, -0.2) is 74.6 Å². The molecule has 2 aliphatic rings. The smallest absolute Gasteiger partial charge is 0.412 e. The number of amides is 3. The number of nitriles is 1. The molecule has 0 unspecified atom stereocenters. The number of ether oxygens (including phenoxy) is 2. The van der Waals surface area contributed by atoms with Crippen molar-refractivity contribution in [3.05, 3.63) is 47.2 Å². The van der Waals surface area contributed by atoms with Gasteiger partial charge in [-0.25, -0.2) is 18.4 Å². The fourth-order valence-electron chi connectivity index (χ4n) is 6.11. The summed E-state index contributed by atoms with van der Waals surface area (Å²) in [5.74, 6) is -1.79. The molecule has 1 N–H and O–H groups in total. The molecule has 11 nitrogen and oxygen atoms in total. The molecular formula is C33H34F2N6O5S. The van der Waals surface area contributed by atoms with Crippen LogP contribution in [0.25, 0.3) is 32.1 Å². The Morgan fingerprint density at radius 1 is 1.04 bits per heavy atom. The van der Waals surface area contributed by atoms with Gasteiger partial charge in [-0.05, 0) is 65.7 Å². The predicted molar refractivity (Wildman–Crippen MR) is 172 cm³/mol. The third-order valence-electron chi connectivity index (χ3n) is 7.96. The zero-order valence-corrected chi connectivity index (χ0v) is 27.7. The van der Waals surface area contributed by atoms with Crippen LogP contribution in [0.15, 0.2) is 24.4 Å². The number of carbonyl (C=O) groups excluding carboxylic acids is 3.